The molecule has 2 N–H and O–H groups in total. The highest BCUT2D eigenvalue weighted by Crippen LogP contribution is 2.19. The molecular formula is C15H17ClN4O2. The lowest BCUT2D eigenvalue weighted by Crippen LogP contribution is -2.36. The molecule has 1 heterocycles. The highest BCUT2D eigenvalue weighted by Gasteiger charge is 2.14. The van der Waals surface area contributed by atoms with Gasteiger partial charge in [0.25, 0.3) is 0 Å². The number of halogens is 1. The Morgan fingerprint density at radius 3 is 2.86 bits per heavy atom. The van der Waals surface area contributed by atoms with E-state index in [-0.39, 0.29) is 0 Å². The number of benzene rings is 1. The molecule has 1 aromatic heterocycles. The second-order valence-corrected chi connectivity index (χ2v) is 5.23. The number of amides is 2. The van der Waals surface area contributed by atoms with Crippen molar-refractivity contribution in [3.63, 3.8) is 0 Å². The van der Waals surface area contributed by atoms with Crippen LogP contribution in [0.3, 0.4) is 0 Å². The van der Waals surface area contributed by atoms with Crippen LogP contribution >= 0.6 is 11.6 Å². The quantitative estimate of drug-likeness (QED) is 0.653. The zero-order chi connectivity index (χ0) is 15.9. The Balaban J connectivity index is 1.77. The predicted octanol–water partition coefficient (Wildman–Crippen LogP) is 1.99. The van der Waals surface area contributed by atoms with Crippen molar-refractivity contribution in [2.24, 2.45) is 0 Å². The number of anilines is 1. The lowest BCUT2D eigenvalue weighted by Gasteiger charge is -2.09. The lowest BCUT2D eigenvalue weighted by molar-refractivity contribution is -0.136. The molecule has 0 aliphatic heterocycles. The summed E-state index contributed by atoms with van der Waals surface area (Å²) in [4.78, 5) is 23.5. The summed E-state index contributed by atoms with van der Waals surface area (Å²) in [7, 11) is 0. The second-order valence-electron chi connectivity index (χ2n) is 4.79. The van der Waals surface area contributed by atoms with Crippen LogP contribution in [0.5, 0.6) is 0 Å². The Morgan fingerprint density at radius 2 is 2.14 bits per heavy atom. The first-order valence-electron chi connectivity index (χ1n) is 6.89. The van der Waals surface area contributed by atoms with Crippen LogP contribution in [0.1, 0.15) is 12.0 Å². The van der Waals surface area contributed by atoms with Gasteiger partial charge in [-0.05, 0) is 37.1 Å². The van der Waals surface area contributed by atoms with E-state index in [0.29, 0.717) is 30.2 Å². The van der Waals surface area contributed by atoms with Crippen molar-refractivity contribution >= 4 is 29.1 Å². The predicted molar refractivity (Wildman–Crippen MR) is 84.7 cm³/mol. The van der Waals surface area contributed by atoms with Gasteiger partial charge in [0, 0.05) is 36.2 Å². The molecule has 116 valence electrons. The van der Waals surface area contributed by atoms with E-state index in [1.807, 2.05) is 19.2 Å². The van der Waals surface area contributed by atoms with Gasteiger partial charge in [-0.3, -0.25) is 14.3 Å². The number of carbonyl (C=O) groups excluding carboxylic acids is 2. The normalized spacial score (nSPS) is 10.3. The van der Waals surface area contributed by atoms with Gasteiger partial charge >= 0.3 is 11.8 Å². The fourth-order valence-electron chi connectivity index (χ4n) is 1.86. The van der Waals surface area contributed by atoms with Gasteiger partial charge in [-0.1, -0.05) is 17.7 Å². The van der Waals surface area contributed by atoms with Crippen molar-refractivity contribution in [2.45, 2.75) is 19.9 Å². The van der Waals surface area contributed by atoms with Crippen molar-refractivity contribution in [1.29, 1.82) is 0 Å². The first-order valence-corrected chi connectivity index (χ1v) is 7.27. The third kappa shape index (κ3) is 4.60. The van der Waals surface area contributed by atoms with Gasteiger partial charge in [0.15, 0.2) is 0 Å². The van der Waals surface area contributed by atoms with E-state index in [4.69, 9.17) is 11.6 Å². The van der Waals surface area contributed by atoms with Crippen LogP contribution in [-0.2, 0) is 16.1 Å². The van der Waals surface area contributed by atoms with E-state index in [9.17, 15) is 9.59 Å². The van der Waals surface area contributed by atoms with E-state index in [1.165, 1.54) is 0 Å². The summed E-state index contributed by atoms with van der Waals surface area (Å²) in [6.45, 7) is 2.91. The number of carbonyl (C=O) groups is 2. The molecule has 6 nitrogen and oxygen atoms in total. The highest BCUT2D eigenvalue weighted by molar-refractivity contribution is 6.40. The summed E-state index contributed by atoms with van der Waals surface area (Å²) >= 11 is 5.87. The Bertz CT molecular complexity index is 656. The molecule has 0 fully saturated rings. The summed E-state index contributed by atoms with van der Waals surface area (Å²) < 4.78 is 1.77. The molecule has 0 atom stereocenters. The molecule has 0 saturated heterocycles. The highest BCUT2D eigenvalue weighted by atomic mass is 35.5. The lowest BCUT2D eigenvalue weighted by atomic mass is 10.2. The molecule has 0 bridgehead atoms. The van der Waals surface area contributed by atoms with Crippen molar-refractivity contribution in [3.05, 3.63) is 47.2 Å². The topological polar surface area (TPSA) is 76.0 Å². The monoisotopic (exact) mass is 320 g/mol. The van der Waals surface area contributed by atoms with Crippen LogP contribution in [-0.4, -0.2) is 28.1 Å². The molecule has 0 spiro atoms. The van der Waals surface area contributed by atoms with Crippen molar-refractivity contribution < 1.29 is 9.59 Å². The maximum absolute atomic E-state index is 11.8. The van der Waals surface area contributed by atoms with Gasteiger partial charge in [0.2, 0.25) is 0 Å². The largest absolute Gasteiger partial charge is 0.348 e. The smallest absolute Gasteiger partial charge is 0.313 e. The van der Waals surface area contributed by atoms with E-state index < -0.39 is 11.8 Å². The van der Waals surface area contributed by atoms with Crippen molar-refractivity contribution in [3.8, 4) is 0 Å². The summed E-state index contributed by atoms with van der Waals surface area (Å²) in [6.07, 6.45) is 4.23. The summed E-state index contributed by atoms with van der Waals surface area (Å²) in [5.41, 5.74) is 1.37. The summed E-state index contributed by atoms with van der Waals surface area (Å²) in [5, 5.41) is 9.68. The molecule has 22 heavy (non-hydrogen) atoms. The number of aryl methyl sites for hydroxylation is 2. The summed E-state index contributed by atoms with van der Waals surface area (Å²) in [6, 6.07) is 6.95. The van der Waals surface area contributed by atoms with E-state index >= 15 is 0 Å². The van der Waals surface area contributed by atoms with Crippen LogP contribution in [0, 0.1) is 6.92 Å². The first kappa shape index (κ1) is 16.0. The molecule has 2 amide bonds. The van der Waals surface area contributed by atoms with Crippen molar-refractivity contribution in [2.75, 3.05) is 11.9 Å². The number of hydrogen-bond acceptors (Lipinski definition) is 3. The van der Waals surface area contributed by atoms with Crippen molar-refractivity contribution in [1.82, 2.24) is 15.1 Å². The van der Waals surface area contributed by atoms with Gasteiger partial charge in [-0.15, -0.1) is 0 Å². The fourth-order valence-corrected chi connectivity index (χ4v) is 2.04. The van der Waals surface area contributed by atoms with Gasteiger partial charge < -0.3 is 10.6 Å². The SMILES string of the molecule is Cc1ccc(Cl)cc1NC(=O)C(=O)NCCCn1cccn1. The average molecular weight is 321 g/mol. The Hall–Kier alpha value is -2.34. The molecule has 2 aromatic rings. The molecule has 0 radical (unpaired) electrons. The molecule has 0 unspecified atom stereocenters. The summed E-state index contributed by atoms with van der Waals surface area (Å²) in [5.74, 6) is -1.37. The minimum absolute atomic E-state index is 0.403. The maximum Gasteiger partial charge on any atom is 0.313 e. The number of rotatable bonds is 5. The zero-order valence-corrected chi connectivity index (χ0v) is 12.9. The fraction of sp³-hybridized carbons (Fsp3) is 0.267. The Labute approximate surface area is 133 Å². The van der Waals surface area contributed by atoms with Gasteiger partial charge in [-0.25, -0.2) is 0 Å². The molecule has 1 aromatic carbocycles. The molecule has 2 rings (SSSR count). The Kier molecular flexibility index (Phi) is 5.55. The van der Waals surface area contributed by atoms with Crippen LogP contribution in [0.4, 0.5) is 5.69 Å². The first-order chi connectivity index (χ1) is 10.6. The number of hydrogen-bond donors (Lipinski definition) is 2. The van der Waals surface area contributed by atoms with Crippen LogP contribution < -0.4 is 10.6 Å². The van der Waals surface area contributed by atoms with Crippen LogP contribution in [0.25, 0.3) is 0 Å². The minimum Gasteiger partial charge on any atom is -0.348 e. The molecule has 7 heteroatoms. The number of nitrogens with one attached hydrogen (secondary N) is 2. The van der Waals surface area contributed by atoms with E-state index in [0.717, 1.165) is 5.56 Å². The Morgan fingerprint density at radius 1 is 1.32 bits per heavy atom. The number of aromatic nitrogens is 2. The molecular weight excluding hydrogens is 304 g/mol. The molecule has 0 aliphatic carbocycles. The average Bonchev–Trinajstić information content (AvgIpc) is 3.00. The second kappa shape index (κ2) is 7.61. The van der Waals surface area contributed by atoms with Gasteiger partial charge in [-0.2, -0.15) is 5.10 Å². The van der Waals surface area contributed by atoms with Gasteiger partial charge in [0.1, 0.15) is 0 Å². The van der Waals surface area contributed by atoms with Crippen LogP contribution in [0.15, 0.2) is 36.7 Å². The maximum atomic E-state index is 11.8. The minimum atomic E-state index is -0.704. The van der Waals surface area contributed by atoms with E-state index in [1.54, 1.807) is 29.1 Å². The molecule has 0 aliphatic rings. The zero-order valence-electron chi connectivity index (χ0n) is 12.2. The standard InChI is InChI=1S/C15H17ClN4O2/c1-11-4-5-12(16)10-13(11)19-15(22)14(21)17-6-2-8-20-9-3-7-18-20/h3-5,7,9-10H,2,6,8H2,1H3,(H,17,21)(H,19,22). The van der Waals surface area contributed by atoms with Gasteiger partial charge in [0.05, 0.1) is 0 Å². The molecule has 0 saturated carbocycles. The van der Waals surface area contributed by atoms with E-state index in [2.05, 4.69) is 15.7 Å². The van der Waals surface area contributed by atoms with Crippen LogP contribution in [0.2, 0.25) is 5.02 Å². The third-order valence-corrected chi connectivity index (χ3v) is 3.30. The number of nitrogens with zero attached hydrogens (tertiary/aromatic N) is 2. The third-order valence-electron chi connectivity index (χ3n) is 3.06.